The van der Waals surface area contributed by atoms with Gasteiger partial charge in [-0.1, -0.05) is 37.8 Å². The topological polar surface area (TPSA) is 41.3 Å². The number of nitrogens with two attached hydrogens (primary N) is 1. The van der Waals surface area contributed by atoms with Crippen molar-refractivity contribution in [3.63, 3.8) is 0 Å². The highest BCUT2D eigenvalue weighted by atomic mass is 15.2. The molecule has 1 aliphatic carbocycles. The molecule has 3 nitrogen and oxygen atoms in total. The van der Waals surface area contributed by atoms with Crippen molar-refractivity contribution < 1.29 is 0 Å². The molecule has 116 valence electrons. The van der Waals surface area contributed by atoms with E-state index < -0.39 is 0 Å². The molecule has 0 amide bonds. The zero-order chi connectivity index (χ0) is 14.5. The molecule has 1 saturated carbocycles. The van der Waals surface area contributed by atoms with Gasteiger partial charge in [-0.05, 0) is 37.8 Å². The second-order valence-corrected chi connectivity index (χ2v) is 6.69. The van der Waals surface area contributed by atoms with Crippen LogP contribution >= 0.6 is 0 Å². The molecule has 0 aromatic heterocycles. The zero-order valence-corrected chi connectivity index (χ0v) is 13.1. The van der Waals surface area contributed by atoms with Crippen molar-refractivity contribution in [3.05, 3.63) is 24.3 Å². The number of likely N-dealkylation sites (tertiary alicyclic amines) is 1. The first-order valence-electron chi connectivity index (χ1n) is 8.68. The molecule has 0 radical (unpaired) electrons. The van der Waals surface area contributed by atoms with E-state index in [4.69, 9.17) is 5.73 Å². The minimum absolute atomic E-state index is 0.580. The molecule has 1 aliphatic heterocycles. The molecular formula is C18H29N3. The van der Waals surface area contributed by atoms with Gasteiger partial charge in [0.1, 0.15) is 0 Å². The predicted molar refractivity (Wildman–Crippen MR) is 90.6 cm³/mol. The van der Waals surface area contributed by atoms with Gasteiger partial charge in [-0.25, -0.2) is 0 Å². The molecule has 3 heteroatoms. The Morgan fingerprint density at radius 2 is 1.57 bits per heavy atom. The van der Waals surface area contributed by atoms with Crippen molar-refractivity contribution >= 4 is 11.4 Å². The third-order valence-electron chi connectivity index (χ3n) is 5.19. The lowest BCUT2D eigenvalue weighted by Crippen LogP contribution is -2.44. The standard InChI is InChI=1S/C18H29N3/c19-17-9-5-6-10-18(17)20-15-11-13-21(14-12-15)16-7-3-1-2-4-8-16/h5-6,9-10,15-16,20H,1-4,7-8,11-14,19H2. The van der Waals surface area contributed by atoms with Crippen LogP contribution in [0.5, 0.6) is 0 Å². The van der Waals surface area contributed by atoms with Gasteiger partial charge >= 0.3 is 0 Å². The molecule has 1 heterocycles. The number of rotatable bonds is 3. The maximum absolute atomic E-state index is 6.03. The number of hydrogen-bond donors (Lipinski definition) is 2. The van der Waals surface area contributed by atoms with Gasteiger partial charge < -0.3 is 16.0 Å². The van der Waals surface area contributed by atoms with Crippen molar-refractivity contribution in [2.75, 3.05) is 24.1 Å². The summed E-state index contributed by atoms with van der Waals surface area (Å²) in [4.78, 5) is 2.75. The lowest BCUT2D eigenvalue weighted by molar-refractivity contribution is 0.143. The monoisotopic (exact) mass is 287 g/mol. The fourth-order valence-corrected chi connectivity index (χ4v) is 3.88. The van der Waals surface area contributed by atoms with E-state index in [0.717, 1.165) is 17.4 Å². The van der Waals surface area contributed by atoms with Crippen molar-refractivity contribution in [1.29, 1.82) is 0 Å². The number of nitrogens with one attached hydrogen (secondary N) is 1. The number of para-hydroxylation sites is 2. The van der Waals surface area contributed by atoms with Crippen LogP contribution in [0.2, 0.25) is 0 Å². The van der Waals surface area contributed by atoms with Crippen LogP contribution in [0.25, 0.3) is 0 Å². The summed E-state index contributed by atoms with van der Waals surface area (Å²) in [6.07, 6.45) is 11.1. The summed E-state index contributed by atoms with van der Waals surface area (Å²) in [6, 6.07) is 9.55. The Kier molecular flexibility index (Phi) is 5.02. The minimum atomic E-state index is 0.580. The van der Waals surface area contributed by atoms with E-state index in [1.54, 1.807) is 0 Å². The van der Waals surface area contributed by atoms with Crippen LogP contribution in [-0.2, 0) is 0 Å². The molecule has 3 N–H and O–H groups in total. The van der Waals surface area contributed by atoms with Gasteiger partial charge in [0.05, 0.1) is 11.4 Å². The molecule has 1 saturated heterocycles. The van der Waals surface area contributed by atoms with Gasteiger partial charge in [0.2, 0.25) is 0 Å². The van der Waals surface area contributed by atoms with Crippen molar-refractivity contribution in [2.45, 2.75) is 63.5 Å². The van der Waals surface area contributed by atoms with Gasteiger partial charge in [-0.2, -0.15) is 0 Å². The fourth-order valence-electron chi connectivity index (χ4n) is 3.88. The molecule has 0 unspecified atom stereocenters. The number of benzene rings is 1. The average molecular weight is 287 g/mol. The minimum Gasteiger partial charge on any atom is -0.397 e. The van der Waals surface area contributed by atoms with Gasteiger partial charge in [-0.3, -0.25) is 0 Å². The average Bonchev–Trinajstić information content (AvgIpc) is 2.80. The Morgan fingerprint density at radius 1 is 0.905 bits per heavy atom. The van der Waals surface area contributed by atoms with Crippen molar-refractivity contribution in [3.8, 4) is 0 Å². The van der Waals surface area contributed by atoms with E-state index in [9.17, 15) is 0 Å². The first-order chi connectivity index (χ1) is 10.3. The molecular weight excluding hydrogens is 258 g/mol. The van der Waals surface area contributed by atoms with Crippen LogP contribution in [0.1, 0.15) is 51.4 Å². The van der Waals surface area contributed by atoms with E-state index in [-0.39, 0.29) is 0 Å². The zero-order valence-electron chi connectivity index (χ0n) is 13.1. The van der Waals surface area contributed by atoms with Gasteiger partial charge in [0, 0.05) is 25.2 Å². The molecule has 2 fully saturated rings. The van der Waals surface area contributed by atoms with Crippen LogP contribution in [0, 0.1) is 0 Å². The van der Waals surface area contributed by atoms with E-state index >= 15 is 0 Å². The smallest absolute Gasteiger partial charge is 0.0576 e. The normalized spacial score (nSPS) is 22.9. The van der Waals surface area contributed by atoms with Crippen molar-refractivity contribution in [2.24, 2.45) is 0 Å². The Labute approximate surface area is 128 Å². The molecule has 2 aliphatic rings. The number of nitrogens with zero attached hydrogens (tertiary/aromatic N) is 1. The van der Waals surface area contributed by atoms with E-state index in [2.05, 4.69) is 22.3 Å². The number of hydrogen-bond acceptors (Lipinski definition) is 3. The summed E-state index contributed by atoms with van der Waals surface area (Å²) in [5.74, 6) is 0. The van der Waals surface area contributed by atoms with Crippen molar-refractivity contribution in [1.82, 2.24) is 4.90 Å². The third-order valence-corrected chi connectivity index (χ3v) is 5.19. The Morgan fingerprint density at radius 3 is 2.24 bits per heavy atom. The van der Waals surface area contributed by atoms with Crippen LogP contribution in [-0.4, -0.2) is 30.1 Å². The summed E-state index contributed by atoms with van der Waals surface area (Å²) < 4.78 is 0. The van der Waals surface area contributed by atoms with Crippen LogP contribution < -0.4 is 11.1 Å². The highest BCUT2D eigenvalue weighted by molar-refractivity contribution is 5.65. The predicted octanol–water partition coefficient (Wildman–Crippen LogP) is 3.87. The summed E-state index contributed by atoms with van der Waals surface area (Å²) in [5.41, 5.74) is 7.99. The van der Waals surface area contributed by atoms with E-state index in [1.807, 2.05) is 12.1 Å². The molecule has 3 rings (SSSR count). The Balaban J connectivity index is 1.49. The molecule has 0 bridgehead atoms. The summed E-state index contributed by atoms with van der Waals surface area (Å²) in [7, 11) is 0. The highest BCUT2D eigenvalue weighted by Crippen LogP contribution is 2.26. The second-order valence-electron chi connectivity index (χ2n) is 6.69. The molecule has 21 heavy (non-hydrogen) atoms. The lowest BCUT2D eigenvalue weighted by Gasteiger charge is -2.38. The molecule has 0 spiro atoms. The quantitative estimate of drug-likeness (QED) is 0.655. The van der Waals surface area contributed by atoms with Crippen LogP contribution in [0.15, 0.2) is 24.3 Å². The summed E-state index contributed by atoms with van der Waals surface area (Å²) in [6.45, 7) is 2.49. The maximum atomic E-state index is 6.03. The molecule has 0 atom stereocenters. The third kappa shape index (κ3) is 3.91. The fraction of sp³-hybridized carbons (Fsp3) is 0.667. The number of nitrogen functional groups attached to an aromatic ring is 1. The largest absolute Gasteiger partial charge is 0.397 e. The SMILES string of the molecule is Nc1ccccc1NC1CCN(C2CCCCCC2)CC1. The van der Waals surface area contributed by atoms with Gasteiger partial charge in [0.15, 0.2) is 0 Å². The first kappa shape index (κ1) is 14.7. The second kappa shape index (κ2) is 7.17. The van der Waals surface area contributed by atoms with Crippen LogP contribution in [0.3, 0.4) is 0 Å². The van der Waals surface area contributed by atoms with Gasteiger partial charge in [0.25, 0.3) is 0 Å². The lowest BCUT2D eigenvalue weighted by atomic mass is 9.99. The Hall–Kier alpha value is -1.22. The maximum Gasteiger partial charge on any atom is 0.0576 e. The van der Waals surface area contributed by atoms with E-state index in [1.165, 1.54) is 64.5 Å². The Bertz CT molecular complexity index is 430. The number of piperidine rings is 1. The highest BCUT2D eigenvalue weighted by Gasteiger charge is 2.25. The summed E-state index contributed by atoms with van der Waals surface area (Å²) >= 11 is 0. The molecule has 1 aromatic carbocycles. The van der Waals surface area contributed by atoms with Crippen LogP contribution in [0.4, 0.5) is 11.4 Å². The molecule has 1 aromatic rings. The van der Waals surface area contributed by atoms with Gasteiger partial charge in [-0.15, -0.1) is 0 Å². The van der Waals surface area contributed by atoms with E-state index in [0.29, 0.717) is 6.04 Å². The first-order valence-corrected chi connectivity index (χ1v) is 8.68. The summed E-state index contributed by atoms with van der Waals surface area (Å²) in [5, 5.41) is 3.63. The number of anilines is 2.